The van der Waals surface area contributed by atoms with Gasteiger partial charge in [0.1, 0.15) is 22.1 Å². The Hall–Kier alpha value is -2.19. The number of carbonyl (C=O) groups excluding carboxylic acids is 2. The Bertz CT molecular complexity index is 957. The van der Waals surface area contributed by atoms with Crippen molar-refractivity contribution >= 4 is 41.5 Å². The molecule has 156 valence electrons. The number of hydrogen-bond donors (Lipinski definition) is 2. The molecule has 0 unspecified atom stereocenters. The second-order valence-electron chi connectivity index (χ2n) is 6.91. The predicted molar refractivity (Wildman–Crippen MR) is 113 cm³/mol. The van der Waals surface area contributed by atoms with E-state index < -0.39 is 23.1 Å². The van der Waals surface area contributed by atoms with E-state index in [0.717, 1.165) is 0 Å². The van der Waals surface area contributed by atoms with E-state index >= 15 is 0 Å². The number of halogens is 1. The molecule has 1 aromatic carbocycles. The average Bonchev–Trinajstić information content (AvgIpc) is 3.00. The van der Waals surface area contributed by atoms with Crippen LogP contribution >= 0.6 is 24.2 Å². The van der Waals surface area contributed by atoms with Crippen molar-refractivity contribution in [3.63, 3.8) is 0 Å². The summed E-state index contributed by atoms with van der Waals surface area (Å²) in [6.45, 7) is 3.65. The van der Waals surface area contributed by atoms with Crippen molar-refractivity contribution in [2.45, 2.75) is 25.9 Å². The quantitative estimate of drug-likeness (QED) is 0.538. The Morgan fingerprint density at radius 3 is 2.62 bits per heavy atom. The molecule has 2 atom stereocenters. The van der Waals surface area contributed by atoms with Crippen LogP contribution in [0.15, 0.2) is 22.4 Å². The van der Waals surface area contributed by atoms with Gasteiger partial charge in [0.2, 0.25) is 11.4 Å². The van der Waals surface area contributed by atoms with Crippen LogP contribution in [-0.2, 0) is 4.79 Å². The Labute approximate surface area is 179 Å². The minimum Gasteiger partial charge on any atom is -0.507 e. The summed E-state index contributed by atoms with van der Waals surface area (Å²) in [6.07, 6.45) is 0.00390. The first kappa shape index (κ1) is 21.5. The molecule has 1 aliphatic heterocycles. The highest BCUT2D eigenvalue weighted by Gasteiger charge is 2.61. The average molecular weight is 440 g/mol. The maximum Gasteiger partial charge on any atom is 0.231 e. The molecule has 1 heterocycles. The van der Waals surface area contributed by atoms with Gasteiger partial charge in [-0.15, -0.1) is 0 Å². The SMILES string of the molecule is COc1cc(OC)c2c(c1Cl)O[C@]1(C2=O)C(O)=C(C(C)=NCCS)C(=O)C[C@H]1C. The number of Topliss-reactive ketones (excluding diaryl/α,β-unsaturated/α-hetero) is 2. The summed E-state index contributed by atoms with van der Waals surface area (Å²) in [5.41, 5.74) is -1.36. The van der Waals surface area contributed by atoms with Crippen LogP contribution < -0.4 is 14.2 Å². The van der Waals surface area contributed by atoms with E-state index in [2.05, 4.69) is 17.6 Å². The highest BCUT2D eigenvalue weighted by atomic mass is 35.5. The maximum atomic E-state index is 13.6. The molecule has 3 rings (SSSR count). The zero-order valence-corrected chi connectivity index (χ0v) is 18.2. The number of aliphatic imine (C=N–C) groups is 1. The van der Waals surface area contributed by atoms with Crippen LogP contribution in [0.1, 0.15) is 30.6 Å². The molecule has 0 fully saturated rings. The van der Waals surface area contributed by atoms with Crippen molar-refractivity contribution in [2.75, 3.05) is 26.5 Å². The Morgan fingerprint density at radius 2 is 2.03 bits per heavy atom. The number of benzene rings is 1. The molecule has 0 amide bonds. The summed E-state index contributed by atoms with van der Waals surface area (Å²) in [5.74, 6) is -0.902. The molecular weight excluding hydrogens is 418 g/mol. The van der Waals surface area contributed by atoms with Gasteiger partial charge in [-0.2, -0.15) is 12.6 Å². The molecule has 1 N–H and O–H groups in total. The standard InChI is InChI=1S/C20H22ClNO6S/c1-9-7-11(23)14(10(2)22-5-6-29)18(24)20(9)19(25)15-12(26-3)8-13(27-4)16(21)17(15)28-20/h8-9,24,29H,5-7H2,1-4H3/t9-,20+/m1/s1. The van der Waals surface area contributed by atoms with Gasteiger partial charge in [-0.25, -0.2) is 0 Å². The molecule has 2 aliphatic rings. The molecule has 1 spiro atoms. The number of rotatable bonds is 5. The van der Waals surface area contributed by atoms with E-state index in [1.807, 2.05) is 0 Å². The first-order chi connectivity index (χ1) is 13.7. The monoisotopic (exact) mass is 439 g/mol. The topological polar surface area (TPSA) is 94.4 Å². The highest BCUT2D eigenvalue weighted by Crippen LogP contribution is 2.54. The molecule has 29 heavy (non-hydrogen) atoms. The lowest BCUT2D eigenvalue weighted by Gasteiger charge is -2.37. The maximum absolute atomic E-state index is 13.6. The van der Waals surface area contributed by atoms with Crippen LogP contribution in [0, 0.1) is 5.92 Å². The fourth-order valence-corrected chi connectivity index (χ4v) is 4.19. The van der Waals surface area contributed by atoms with Crippen molar-refractivity contribution < 1.29 is 28.9 Å². The molecule has 0 saturated carbocycles. The minimum atomic E-state index is -1.79. The largest absolute Gasteiger partial charge is 0.507 e. The van der Waals surface area contributed by atoms with E-state index in [1.54, 1.807) is 13.8 Å². The van der Waals surface area contributed by atoms with Gasteiger partial charge in [0.25, 0.3) is 0 Å². The summed E-state index contributed by atoms with van der Waals surface area (Å²) in [6, 6.07) is 1.49. The molecule has 0 radical (unpaired) electrons. The summed E-state index contributed by atoms with van der Waals surface area (Å²) in [4.78, 5) is 30.5. The van der Waals surface area contributed by atoms with E-state index in [9.17, 15) is 14.7 Å². The molecule has 7 nitrogen and oxygen atoms in total. The van der Waals surface area contributed by atoms with Gasteiger partial charge in [-0.3, -0.25) is 14.6 Å². The first-order valence-corrected chi connectivity index (χ1v) is 10.0. The summed E-state index contributed by atoms with van der Waals surface area (Å²) >= 11 is 10.5. The van der Waals surface area contributed by atoms with Gasteiger partial charge in [0.05, 0.1) is 19.8 Å². The van der Waals surface area contributed by atoms with Crippen molar-refractivity contribution in [2.24, 2.45) is 10.9 Å². The van der Waals surface area contributed by atoms with E-state index in [1.165, 1.54) is 20.3 Å². The lowest BCUT2D eigenvalue weighted by atomic mass is 9.72. The summed E-state index contributed by atoms with van der Waals surface area (Å²) in [7, 11) is 2.84. The van der Waals surface area contributed by atoms with Crippen LogP contribution in [0.4, 0.5) is 0 Å². The Balaban J connectivity index is 2.26. The Morgan fingerprint density at radius 1 is 1.38 bits per heavy atom. The second-order valence-corrected chi connectivity index (χ2v) is 7.73. The number of allylic oxidation sites excluding steroid dienone is 1. The van der Waals surface area contributed by atoms with Crippen LogP contribution in [0.25, 0.3) is 0 Å². The second kappa shape index (κ2) is 7.91. The third-order valence-electron chi connectivity index (χ3n) is 5.28. The lowest BCUT2D eigenvalue weighted by Crippen LogP contribution is -2.53. The van der Waals surface area contributed by atoms with Crippen molar-refractivity contribution in [1.82, 2.24) is 0 Å². The molecule has 9 heteroatoms. The van der Waals surface area contributed by atoms with E-state index in [-0.39, 0.29) is 45.6 Å². The number of aliphatic hydroxyl groups is 1. The van der Waals surface area contributed by atoms with Crippen molar-refractivity contribution in [3.8, 4) is 17.2 Å². The number of fused-ring (bicyclic) bond motifs is 1. The number of carbonyl (C=O) groups is 2. The molecule has 0 aromatic heterocycles. The molecule has 1 aromatic rings. The number of ketones is 2. The summed E-state index contributed by atoms with van der Waals surface area (Å²) < 4.78 is 16.6. The third kappa shape index (κ3) is 3.09. The Kier molecular flexibility index (Phi) is 5.87. The minimum absolute atomic E-state index is 0.00390. The van der Waals surface area contributed by atoms with E-state index in [0.29, 0.717) is 18.0 Å². The molecular formula is C20H22ClNO6S. The predicted octanol–water partition coefficient (Wildman–Crippen LogP) is 3.48. The number of hydrogen-bond acceptors (Lipinski definition) is 8. The first-order valence-electron chi connectivity index (χ1n) is 9.02. The summed E-state index contributed by atoms with van der Waals surface area (Å²) in [5, 5.41) is 11.2. The molecule has 0 bridgehead atoms. The number of thiol groups is 1. The number of nitrogens with zero attached hydrogens (tertiary/aromatic N) is 1. The van der Waals surface area contributed by atoms with Crippen LogP contribution in [0.2, 0.25) is 5.02 Å². The fourth-order valence-electron chi connectivity index (χ4n) is 3.83. The van der Waals surface area contributed by atoms with Crippen molar-refractivity contribution in [3.05, 3.63) is 28.0 Å². The smallest absolute Gasteiger partial charge is 0.231 e. The van der Waals surface area contributed by atoms with Crippen LogP contribution in [0.3, 0.4) is 0 Å². The number of methoxy groups -OCH3 is 2. The van der Waals surface area contributed by atoms with Gasteiger partial charge >= 0.3 is 0 Å². The number of ether oxygens (including phenoxy) is 3. The van der Waals surface area contributed by atoms with Gasteiger partial charge in [-0.05, 0) is 6.92 Å². The third-order valence-corrected chi connectivity index (χ3v) is 5.84. The zero-order chi connectivity index (χ0) is 21.5. The van der Waals surface area contributed by atoms with Crippen LogP contribution in [-0.4, -0.2) is 54.5 Å². The highest BCUT2D eigenvalue weighted by molar-refractivity contribution is 7.80. The van der Waals surface area contributed by atoms with Crippen LogP contribution in [0.5, 0.6) is 17.2 Å². The lowest BCUT2D eigenvalue weighted by molar-refractivity contribution is -0.118. The van der Waals surface area contributed by atoms with Gasteiger partial charge in [0.15, 0.2) is 17.3 Å². The van der Waals surface area contributed by atoms with Gasteiger partial charge < -0.3 is 19.3 Å². The molecule has 0 saturated heterocycles. The van der Waals surface area contributed by atoms with Gasteiger partial charge in [-0.1, -0.05) is 18.5 Å². The van der Waals surface area contributed by atoms with Gasteiger partial charge in [0, 0.05) is 36.4 Å². The zero-order valence-electron chi connectivity index (χ0n) is 16.5. The number of aliphatic hydroxyl groups excluding tert-OH is 1. The van der Waals surface area contributed by atoms with Crippen molar-refractivity contribution in [1.29, 1.82) is 0 Å². The normalized spacial score (nSPS) is 24.1. The fraction of sp³-hybridized carbons (Fsp3) is 0.450. The molecule has 1 aliphatic carbocycles. The van der Waals surface area contributed by atoms with E-state index in [4.69, 9.17) is 25.8 Å².